The molecule has 9 heteroatoms. The van der Waals surface area contributed by atoms with E-state index in [1.807, 2.05) is 4.90 Å². The van der Waals surface area contributed by atoms with Gasteiger partial charge in [-0.3, -0.25) is 0 Å². The summed E-state index contributed by atoms with van der Waals surface area (Å²) in [5, 5.41) is 13.3. The lowest BCUT2D eigenvalue weighted by Crippen LogP contribution is -2.38. The van der Waals surface area contributed by atoms with Gasteiger partial charge in [0.15, 0.2) is 0 Å². The summed E-state index contributed by atoms with van der Waals surface area (Å²) in [4.78, 5) is 18.5. The number of anilines is 2. The van der Waals surface area contributed by atoms with Crippen LogP contribution in [0.4, 0.5) is 11.9 Å². The fraction of sp³-hybridized carbons (Fsp3) is 0.545. The van der Waals surface area contributed by atoms with Crippen molar-refractivity contribution in [1.29, 1.82) is 0 Å². The smallest absolute Gasteiger partial charge is 0.258 e. The second-order valence-electron chi connectivity index (χ2n) is 4.77. The van der Waals surface area contributed by atoms with E-state index in [1.165, 1.54) is 17.3 Å². The van der Waals surface area contributed by atoms with Crippen molar-refractivity contribution in [2.75, 3.05) is 30.3 Å². The number of hydrogen-bond donors (Lipinski definition) is 2. The first-order valence-electron chi connectivity index (χ1n) is 6.48. The first-order chi connectivity index (χ1) is 9.76. The highest BCUT2D eigenvalue weighted by molar-refractivity contribution is 5.38. The summed E-state index contributed by atoms with van der Waals surface area (Å²) in [6.45, 7) is 1.74. The van der Waals surface area contributed by atoms with Crippen LogP contribution in [-0.2, 0) is 0 Å². The summed E-state index contributed by atoms with van der Waals surface area (Å²) in [7, 11) is 0. The number of nitrogens with two attached hydrogens (primary N) is 1. The Morgan fingerprint density at radius 2 is 2.15 bits per heavy atom. The Morgan fingerprint density at radius 1 is 1.30 bits per heavy atom. The lowest BCUT2D eigenvalue weighted by atomic mass is 9.99. The largest absolute Gasteiger partial charge is 0.396 e. The lowest BCUT2D eigenvalue weighted by Gasteiger charge is -2.31. The highest BCUT2D eigenvalue weighted by Gasteiger charge is 2.22. The summed E-state index contributed by atoms with van der Waals surface area (Å²) >= 11 is 0. The van der Waals surface area contributed by atoms with Crippen molar-refractivity contribution in [3.05, 3.63) is 12.7 Å². The van der Waals surface area contributed by atoms with Crippen LogP contribution in [0, 0.1) is 5.92 Å². The zero-order valence-electron chi connectivity index (χ0n) is 10.9. The molecule has 1 fully saturated rings. The highest BCUT2D eigenvalue weighted by atomic mass is 16.3. The van der Waals surface area contributed by atoms with Crippen molar-refractivity contribution in [3.63, 3.8) is 0 Å². The first-order valence-corrected chi connectivity index (χ1v) is 6.48. The van der Waals surface area contributed by atoms with Crippen LogP contribution in [-0.4, -0.2) is 54.5 Å². The van der Waals surface area contributed by atoms with Crippen LogP contribution in [0.5, 0.6) is 0 Å². The predicted octanol–water partition coefficient (Wildman–Crippen LogP) is -0.757. The molecule has 20 heavy (non-hydrogen) atoms. The highest BCUT2D eigenvalue weighted by Crippen LogP contribution is 2.20. The van der Waals surface area contributed by atoms with Crippen LogP contribution >= 0.6 is 0 Å². The van der Waals surface area contributed by atoms with Crippen LogP contribution < -0.4 is 10.6 Å². The van der Waals surface area contributed by atoms with Gasteiger partial charge in [-0.15, -0.1) is 0 Å². The van der Waals surface area contributed by atoms with Crippen molar-refractivity contribution in [2.24, 2.45) is 5.92 Å². The predicted molar refractivity (Wildman–Crippen MR) is 71.2 cm³/mol. The monoisotopic (exact) mass is 276 g/mol. The molecule has 0 amide bonds. The summed E-state index contributed by atoms with van der Waals surface area (Å²) in [5.74, 6) is 1.25. The molecule has 1 aliphatic heterocycles. The third-order valence-corrected chi connectivity index (χ3v) is 3.31. The van der Waals surface area contributed by atoms with Gasteiger partial charge in [-0.2, -0.15) is 24.7 Å². The standard InChI is InChI=1S/C11H16N8O/c12-9-15-10(18-3-1-2-8(4-18)5-20)17-11(16-9)19-7-13-6-14-19/h6-8,20H,1-5H2,(H2,12,15,16,17). The van der Waals surface area contributed by atoms with Crippen LogP contribution in [0.2, 0.25) is 0 Å². The molecule has 0 saturated carbocycles. The number of piperidine rings is 1. The molecule has 1 saturated heterocycles. The Bertz CT molecular complexity index is 572. The van der Waals surface area contributed by atoms with Gasteiger partial charge < -0.3 is 15.7 Å². The van der Waals surface area contributed by atoms with E-state index in [0.29, 0.717) is 11.9 Å². The third kappa shape index (κ3) is 2.52. The SMILES string of the molecule is Nc1nc(N2CCCC(CO)C2)nc(-n2cncn2)n1. The van der Waals surface area contributed by atoms with Crippen molar-refractivity contribution in [1.82, 2.24) is 29.7 Å². The molecule has 106 valence electrons. The van der Waals surface area contributed by atoms with Crippen LogP contribution in [0.25, 0.3) is 5.95 Å². The van der Waals surface area contributed by atoms with Gasteiger partial charge in [-0.1, -0.05) is 0 Å². The minimum atomic E-state index is 0.145. The van der Waals surface area contributed by atoms with Crippen LogP contribution in [0.15, 0.2) is 12.7 Å². The Kier molecular flexibility index (Phi) is 3.42. The molecule has 0 bridgehead atoms. The van der Waals surface area contributed by atoms with E-state index in [0.717, 1.165) is 25.9 Å². The Labute approximate surface area is 115 Å². The van der Waals surface area contributed by atoms with Gasteiger partial charge in [0, 0.05) is 19.7 Å². The van der Waals surface area contributed by atoms with Crippen molar-refractivity contribution < 1.29 is 5.11 Å². The topological polar surface area (TPSA) is 119 Å². The van der Waals surface area contributed by atoms with E-state index >= 15 is 0 Å². The van der Waals surface area contributed by atoms with Gasteiger partial charge in [-0.25, -0.2) is 4.98 Å². The maximum atomic E-state index is 9.29. The summed E-state index contributed by atoms with van der Waals surface area (Å²) in [6, 6.07) is 0. The molecule has 0 aliphatic carbocycles. The molecule has 0 spiro atoms. The Morgan fingerprint density at radius 3 is 2.90 bits per heavy atom. The molecule has 0 radical (unpaired) electrons. The molecule has 3 rings (SSSR count). The summed E-state index contributed by atoms with van der Waals surface area (Å²) in [6.07, 6.45) is 4.92. The van der Waals surface area contributed by atoms with Crippen LogP contribution in [0.3, 0.4) is 0 Å². The molecule has 1 aliphatic rings. The third-order valence-electron chi connectivity index (χ3n) is 3.31. The normalized spacial score (nSPS) is 19.2. The average molecular weight is 276 g/mol. The molecular formula is C11H16N8O. The van der Waals surface area contributed by atoms with Crippen molar-refractivity contribution in [3.8, 4) is 5.95 Å². The number of nitrogen functional groups attached to an aromatic ring is 1. The molecule has 3 heterocycles. The van der Waals surface area contributed by atoms with E-state index < -0.39 is 0 Å². The van der Waals surface area contributed by atoms with Crippen LogP contribution in [0.1, 0.15) is 12.8 Å². The van der Waals surface area contributed by atoms with Gasteiger partial charge in [0.2, 0.25) is 11.9 Å². The lowest BCUT2D eigenvalue weighted by molar-refractivity contribution is 0.208. The molecule has 2 aromatic heterocycles. The second kappa shape index (κ2) is 5.37. The quantitative estimate of drug-likeness (QED) is 0.751. The maximum Gasteiger partial charge on any atom is 0.258 e. The van der Waals surface area contributed by atoms with E-state index in [1.54, 1.807) is 0 Å². The van der Waals surface area contributed by atoms with Gasteiger partial charge in [0.05, 0.1) is 0 Å². The Hall–Kier alpha value is -2.29. The fourth-order valence-electron chi connectivity index (χ4n) is 2.32. The Balaban J connectivity index is 1.89. The zero-order valence-corrected chi connectivity index (χ0v) is 10.9. The van der Waals surface area contributed by atoms with Gasteiger partial charge in [-0.05, 0) is 18.8 Å². The zero-order chi connectivity index (χ0) is 13.9. The number of aromatic nitrogens is 6. The van der Waals surface area contributed by atoms with Gasteiger partial charge >= 0.3 is 0 Å². The van der Waals surface area contributed by atoms with E-state index in [2.05, 4.69) is 25.0 Å². The molecule has 9 nitrogen and oxygen atoms in total. The van der Waals surface area contributed by atoms with E-state index in [9.17, 15) is 5.11 Å². The second-order valence-corrected chi connectivity index (χ2v) is 4.77. The molecule has 0 aromatic carbocycles. The van der Waals surface area contributed by atoms with Crippen molar-refractivity contribution >= 4 is 11.9 Å². The number of nitrogens with zero attached hydrogens (tertiary/aromatic N) is 7. The number of rotatable bonds is 3. The molecule has 1 unspecified atom stereocenters. The molecule has 3 N–H and O–H groups in total. The van der Waals surface area contributed by atoms with Gasteiger partial charge in [0.1, 0.15) is 12.7 Å². The molecular weight excluding hydrogens is 260 g/mol. The molecule has 2 aromatic rings. The van der Waals surface area contributed by atoms with E-state index in [4.69, 9.17) is 5.73 Å². The summed E-state index contributed by atoms with van der Waals surface area (Å²) < 4.78 is 1.44. The fourth-order valence-corrected chi connectivity index (χ4v) is 2.32. The minimum Gasteiger partial charge on any atom is -0.396 e. The number of hydrogen-bond acceptors (Lipinski definition) is 8. The summed E-state index contributed by atoms with van der Waals surface area (Å²) in [5.41, 5.74) is 5.74. The van der Waals surface area contributed by atoms with Gasteiger partial charge in [0.25, 0.3) is 5.95 Å². The first kappa shape index (κ1) is 12.7. The molecule has 1 atom stereocenters. The van der Waals surface area contributed by atoms with E-state index in [-0.39, 0.29) is 18.5 Å². The number of aliphatic hydroxyl groups excluding tert-OH is 1. The van der Waals surface area contributed by atoms with Crippen molar-refractivity contribution in [2.45, 2.75) is 12.8 Å². The minimum absolute atomic E-state index is 0.145. The maximum absolute atomic E-state index is 9.29. The average Bonchev–Trinajstić information content (AvgIpc) is 3.01. The number of aliphatic hydroxyl groups is 1.